The monoisotopic (exact) mass is 275 g/mol. The average molecular weight is 275 g/mol. The smallest absolute Gasteiger partial charge is 0.343 e. The van der Waals surface area contributed by atoms with E-state index in [2.05, 4.69) is 4.99 Å². The second kappa shape index (κ2) is 8.15. The molecule has 0 atom stereocenters. The number of aliphatic imine (C=N–C) groups is 1. The molecule has 20 heavy (non-hydrogen) atoms. The molecule has 0 spiro atoms. The van der Waals surface area contributed by atoms with Gasteiger partial charge in [-0.15, -0.1) is 0 Å². The maximum atomic E-state index is 11.8. The quantitative estimate of drug-likeness (QED) is 0.371. The number of aliphatic hydroxyl groups excluding tert-OH is 1. The summed E-state index contributed by atoms with van der Waals surface area (Å²) in [5.74, 6) is -0.529. The van der Waals surface area contributed by atoms with Crippen LogP contribution in [0.3, 0.4) is 0 Å². The molecule has 0 aliphatic heterocycles. The van der Waals surface area contributed by atoms with Crippen molar-refractivity contribution in [2.75, 3.05) is 6.61 Å². The highest BCUT2D eigenvalue weighted by Gasteiger charge is 2.14. The van der Waals surface area contributed by atoms with E-state index in [1.54, 1.807) is 6.92 Å². The molecule has 0 saturated heterocycles. The number of aryl methyl sites for hydroxylation is 1. The third-order valence-electron chi connectivity index (χ3n) is 2.74. The third kappa shape index (κ3) is 4.53. The SMILES string of the molecule is CCC/C(O)=C(/C=Nc1ccccc1C)C(=O)OCC. The minimum atomic E-state index is -0.546. The molecule has 0 saturated carbocycles. The Morgan fingerprint density at radius 3 is 2.65 bits per heavy atom. The van der Waals surface area contributed by atoms with Gasteiger partial charge in [-0.1, -0.05) is 25.1 Å². The number of benzene rings is 1. The highest BCUT2D eigenvalue weighted by atomic mass is 16.5. The summed E-state index contributed by atoms with van der Waals surface area (Å²) in [6.07, 6.45) is 2.55. The second-order valence-corrected chi connectivity index (χ2v) is 4.38. The Balaban J connectivity index is 3.04. The van der Waals surface area contributed by atoms with Crippen molar-refractivity contribution in [1.82, 2.24) is 0 Å². The van der Waals surface area contributed by atoms with Crippen LogP contribution >= 0.6 is 0 Å². The predicted octanol–water partition coefficient (Wildman–Crippen LogP) is 3.87. The zero-order valence-corrected chi connectivity index (χ0v) is 12.2. The molecule has 0 aliphatic carbocycles. The van der Waals surface area contributed by atoms with Crippen molar-refractivity contribution >= 4 is 17.9 Å². The Kier molecular flexibility index (Phi) is 6.50. The van der Waals surface area contributed by atoms with E-state index in [0.717, 1.165) is 17.7 Å². The molecule has 1 aromatic carbocycles. The first-order chi connectivity index (χ1) is 9.60. The Bertz CT molecular complexity index is 518. The lowest BCUT2D eigenvalue weighted by Crippen LogP contribution is -2.11. The van der Waals surface area contributed by atoms with Gasteiger partial charge >= 0.3 is 5.97 Å². The molecule has 0 aliphatic rings. The number of esters is 1. The minimum Gasteiger partial charge on any atom is -0.511 e. The van der Waals surface area contributed by atoms with Crippen LogP contribution < -0.4 is 0 Å². The molecule has 0 radical (unpaired) electrons. The summed E-state index contributed by atoms with van der Waals surface area (Å²) in [5.41, 5.74) is 1.89. The lowest BCUT2D eigenvalue weighted by Gasteiger charge is -2.06. The molecule has 1 aromatic rings. The highest BCUT2D eigenvalue weighted by molar-refractivity contribution is 6.10. The Hall–Kier alpha value is -2.10. The van der Waals surface area contributed by atoms with E-state index >= 15 is 0 Å². The Labute approximate surface area is 119 Å². The number of ether oxygens (including phenoxy) is 1. The first kappa shape index (κ1) is 16.0. The zero-order chi connectivity index (χ0) is 15.0. The molecule has 108 valence electrons. The molecule has 0 bridgehead atoms. The summed E-state index contributed by atoms with van der Waals surface area (Å²) >= 11 is 0. The largest absolute Gasteiger partial charge is 0.511 e. The first-order valence-corrected chi connectivity index (χ1v) is 6.79. The van der Waals surface area contributed by atoms with Crippen LogP contribution in [0.5, 0.6) is 0 Å². The van der Waals surface area contributed by atoms with Gasteiger partial charge in [0, 0.05) is 12.6 Å². The summed E-state index contributed by atoms with van der Waals surface area (Å²) < 4.78 is 4.94. The number of hydrogen-bond acceptors (Lipinski definition) is 4. The molecular weight excluding hydrogens is 254 g/mol. The van der Waals surface area contributed by atoms with Crippen LogP contribution in [-0.2, 0) is 9.53 Å². The van der Waals surface area contributed by atoms with Crippen LogP contribution in [0.25, 0.3) is 0 Å². The lowest BCUT2D eigenvalue weighted by molar-refractivity contribution is -0.138. The zero-order valence-electron chi connectivity index (χ0n) is 12.2. The van der Waals surface area contributed by atoms with Crippen molar-refractivity contribution in [2.45, 2.75) is 33.6 Å². The van der Waals surface area contributed by atoms with E-state index in [0.29, 0.717) is 6.42 Å². The third-order valence-corrected chi connectivity index (χ3v) is 2.74. The van der Waals surface area contributed by atoms with Crippen molar-refractivity contribution in [3.8, 4) is 0 Å². The van der Waals surface area contributed by atoms with Crippen molar-refractivity contribution in [3.63, 3.8) is 0 Å². The van der Waals surface area contributed by atoms with Gasteiger partial charge in [0.2, 0.25) is 0 Å². The molecule has 4 nitrogen and oxygen atoms in total. The van der Waals surface area contributed by atoms with E-state index in [-0.39, 0.29) is 17.9 Å². The molecular formula is C16H21NO3. The van der Waals surface area contributed by atoms with Gasteiger partial charge in [-0.25, -0.2) is 4.79 Å². The summed E-state index contributed by atoms with van der Waals surface area (Å²) in [5, 5.41) is 9.94. The van der Waals surface area contributed by atoms with Crippen LogP contribution in [-0.4, -0.2) is 23.9 Å². The van der Waals surface area contributed by atoms with Crippen LogP contribution in [0.15, 0.2) is 40.6 Å². The van der Waals surface area contributed by atoms with Crippen LogP contribution in [0.2, 0.25) is 0 Å². The predicted molar refractivity (Wildman–Crippen MR) is 80.5 cm³/mol. The van der Waals surface area contributed by atoms with E-state index in [9.17, 15) is 9.90 Å². The molecule has 0 unspecified atom stereocenters. The van der Waals surface area contributed by atoms with Gasteiger partial charge in [0.15, 0.2) is 0 Å². The van der Waals surface area contributed by atoms with Crippen molar-refractivity contribution < 1.29 is 14.6 Å². The fraction of sp³-hybridized carbons (Fsp3) is 0.375. The number of hydrogen-bond donors (Lipinski definition) is 1. The maximum Gasteiger partial charge on any atom is 0.343 e. The fourth-order valence-electron chi connectivity index (χ4n) is 1.67. The van der Waals surface area contributed by atoms with Crippen LogP contribution in [0, 0.1) is 6.92 Å². The van der Waals surface area contributed by atoms with Gasteiger partial charge in [0.1, 0.15) is 11.3 Å². The Morgan fingerprint density at radius 2 is 2.05 bits per heavy atom. The lowest BCUT2D eigenvalue weighted by atomic mass is 10.1. The van der Waals surface area contributed by atoms with Crippen LogP contribution in [0.4, 0.5) is 5.69 Å². The number of nitrogens with zero attached hydrogens (tertiary/aromatic N) is 1. The summed E-state index contributed by atoms with van der Waals surface area (Å²) in [6, 6.07) is 7.59. The van der Waals surface area contributed by atoms with Gasteiger partial charge < -0.3 is 9.84 Å². The fourth-order valence-corrected chi connectivity index (χ4v) is 1.67. The van der Waals surface area contributed by atoms with Gasteiger partial charge in [-0.05, 0) is 31.9 Å². The second-order valence-electron chi connectivity index (χ2n) is 4.38. The van der Waals surface area contributed by atoms with Crippen LogP contribution in [0.1, 0.15) is 32.3 Å². The molecule has 1 rings (SSSR count). The van der Waals surface area contributed by atoms with E-state index in [1.165, 1.54) is 6.21 Å². The molecule has 0 aromatic heterocycles. The molecule has 1 N–H and O–H groups in total. The number of rotatable bonds is 6. The van der Waals surface area contributed by atoms with E-state index in [4.69, 9.17) is 4.74 Å². The molecule has 0 fully saturated rings. The van der Waals surface area contributed by atoms with Gasteiger partial charge in [-0.2, -0.15) is 0 Å². The number of para-hydroxylation sites is 1. The summed E-state index contributed by atoms with van der Waals surface area (Å²) in [6.45, 7) is 5.86. The first-order valence-electron chi connectivity index (χ1n) is 6.79. The minimum absolute atomic E-state index is 0.0169. The van der Waals surface area contributed by atoms with E-state index < -0.39 is 5.97 Å². The average Bonchev–Trinajstić information content (AvgIpc) is 2.41. The van der Waals surface area contributed by atoms with Gasteiger partial charge in [0.25, 0.3) is 0 Å². The van der Waals surface area contributed by atoms with Gasteiger partial charge in [0.05, 0.1) is 12.3 Å². The van der Waals surface area contributed by atoms with Crippen molar-refractivity contribution in [1.29, 1.82) is 0 Å². The van der Waals surface area contributed by atoms with Crippen molar-refractivity contribution in [3.05, 3.63) is 41.2 Å². The normalized spacial score (nSPS) is 12.3. The highest BCUT2D eigenvalue weighted by Crippen LogP contribution is 2.18. The van der Waals surface area contributed by atoms with Crippen molar-refractivity contribution in [2.24, 2.45) is 4.99 Å². The Morgan fingerprint density at radius 1 is 1.35 bits per heavy atom. The number of aliphatic hydroxyl groups is 1. The summed E-state index contributed by atoms with van der Waals surface area (Å²) in [7, 11) is 0. The van der Waals surface area contributed by atoms with E-state index in [1.807, 2.05) is 38.1 Å². The number of carbonyl (C=O) groups excluding carboxylic acids is 1. The summed E-state index contributed by atoms with van der Waals surface area (Å²) in [4.78, 5) is 16.1. The maximum absolute atomic E-state index is 11.8. The molecule has 4 heteroatoms. The number of carbonyl (C=O) groups is 1. The molecule has 0 heterocycles. The number of allylic oxidation sites excluding steroid dienone is 1. The topological polar surface area (TPSA) is 58.9 Å². The molecule has 0 amide bonds. The standard InChI is InChI=1S/C16H21NO3/c1-4-8-15(18)13(16(19)20-5-2)11-17-14-10-7-6-9-12(14)3/h6-7,9-11,18H,4-5,8H2,1-3H3/b15-13+,17-11?. The van der Waals surface area contributed by atoms with Gasteiger partial charge in [-0.3, -0.25) is 4.99 Å².